The molecule has 0 unspecified atom stereocenters. The second kappa shape index (κ2) is 7.01. The number of benzene rings is 1. The second-order valence-corrected chi connectivity index (χ2v) is 4.40. The summed E-state index contributed by atoms with van der Waals surface area (Å²) < 4.78 is 0. The molecule has 1 aromatic rings. The molecule has 0 aliphatic rings. The summed E-state index contributed by atoms with van der Waals surface area (Å²) >= 11 is 0. The Morgan fingerprint density at radius 3 is 2.28 bits per heavy atom. The lowest BCUT2D eigenvalue weighted by molar-refractivity contribution is 0.0928. The molecule has 0 heterocycles. The van der Waals surface area contributed by atoms with Crippen LogP contribution in [0.15, 0.2) is 18.2 Å². The van der Waals surface area contributed by atoms with Crippen LogP contribution in [0.5, 0.6) is 11.5 Å². The van der Waals surface area contributed by atoms with Gasteiger partial charge in [0.2, 0.25) is 0 Å². The molecule has 0 fully saturated rings. The molecule has 4 nitrogen and oxygen atoms in total. The van der Waals surface area contributed by atoms with Crippen molar-refractivity contribution in [2.45, 2.75) is 26.7 Å². The third-order valence-electron chi connectivity index (χ3n) is 2.73. The number of hydrogen-bond acceptors (Lipinski definition) is 4. The topological polar surface area (TPSA) is 60.8 Å². The number of carbonyl (C=O) groups excluding carboxylic acids is 1. The van der Waals surface area contributed by atoms with Crippen LogP contribution in [-0.4, -0.2) is 40.5 Å². The van der Waals surface area contributed by atoms with Gasteiger partial charge in [0, 0.05) is 6.07 Å². The van der Waals surface area contributed by atoms with Crippen LogP contribution in [0.4, 0.5) is 0 Å². The third kappa shape index (κ3) is 4.04. The number of carbonyl (C=O) groups is 1. The Labute approximate surface area is 108 Å². The van der Waals surface area contributed by atoms with Crippen LogP contribution in [0.2, 0.25) is 0 Å². The van der Waals surface area contributed by atoms with Gasteiger partial charge in [-0.3, -0.25) is 9.69 Å². The van der Waals surface area contributed by atoms with E-state index in [2.05, 4.69) is 18.7 Å². The molecule has 0 saturated heterocycles. The minimum absolute atomic E-state index is 0.0389. The van der Waals surface area contributed by atoms with Crippen molar-refractivity contribution in [3.63, 3.8) is 0 Å². The zero-order valence-corrected chi connectivity index (χ0v) is 11.0. The van der Waals surface area contributed by atoms with Crippen molar-refractivity contribution in [1.29, 1.82) is 0 Å². The van der Waals surface area contributed by atoms with Gasteiger partial charge in [-0.25, -0.2) is 0 Å². The molecule has 4 heteroatoms. The van der Waals surface area contributed by atoms with Gasteiger partial charge < -0.3 is 10.2 Å². The lowest BCUT2D eigenvalue weighted by atomic mass is 10.1. The van der Waals surface area contributed by atoms with E-state index in [4.69, 9.17) is 0 Å². The molecule has 2 N–H and O–H groups in total. The van der Waals surface area contributed by atoms with Crippen molar-refractivity contribution in [2.75, 3.05) is 19.6 Å². The van der Waals surface area contributed by atoms with Crippen LogP contribution in [0.3, 0.4) is 0 Å². The van der Waals surface area contributed by atoms with E-state index >= 15 is 0 Å². The summed E-state index contributed by atoms with van der Waals surface area (Å²) in [4.78, 5) is 14.1. The number of phenolic OH excluding ortho intramolecular Hbond substituents is 2. The van der Waals surface area contributed by atoms with Gasteiger partial charge in [0.05, 0.1) is 12.1 Å². The van der Waals surface area contributed by atoms with Gasteiger partial charge in [0.15, 0.2) is 5.78 Å². The van der Waals surface area contributed by atoms with Crippen molar-refractivity contribution >= 4 is 5.78 Å². The monoisotopic (exact) mass is 251 g/mol. The highest BCUT2D eigenvalue weighted by Crippen LogP contribution is 2.23. The predicted octanol–water partition coefficient (Wildman–Crippen LogP) is 2.40. The average molecular weight is 251 g/mol. The second-order valence-electron chi connectivity index (χ2n) is 4.40. The number of ketones is 1. The largest absolute Gasteiger partial charge is 0.508 e. The van der Waals surface area contributed by atoms with Crippen LogP contribution < -0.4 is 0 Å². The molecule has 100 valence electrons. The van der Waals surface area contributed by atoms with Gasteiger partial charge in [-0.2, -0.15) is 0 Å². The predicted molar refractivity (Wildman–Crippen MR) is 71.1 cm³/mol. The SMILES string of the molecule is CCCN(CCC)CC(=O)c1ccc(O)cc1O. The number of hydrogen-bond donors (Lipinski definition) is 2. The molecule has 0 bridgehead atoms. The van der Waals surface area contributed by atoms with Crippen molar-refractivity contribution in [3.8, 4) is 11.5 Å². The highest BCUT2D eigenvalue weighted by molar-refractivity contribution is 6.00. The molecule has 0 aromatic heterocycles. The maximum atomic E-state index is 12.1. The Kier molecular flexibility index (Phi) is 5.65. The molecule has 18 heavy (non-hydrogen) atoms. The fourth-order valence-corrected chi connectivity index (χ4v) is 1.95. The molecule has 0 radical (unpaired) electrons. The Morgan fingerprint density at radius 1 is 1.17 bits per heavy atom. The molecular weight excluding hydrogens is 230 g/mol. The summed E-state index contributed by atoms with van der Waals surface area (Å²) in [6.45, 7) is 6.20. The highest BCUT2D eigenvalue weighted by Gasteiger charge is 2.15. The molecule has 0 atom stereocenters. The zero-order chi connectivity index (χ0) is 13.5. The van der Waals surface area contributed by atoms with Crippen LogP contribution in [-0.2, 0) is 0 Å². The van der Waals surface area contributed by atoms with E-state index in [0.717, 1.165) is 25.9 Å². The standard InChI is InChI=1S/C14H21NO3/c1-3-7-15(8-4-2)10-14(18)12-6-5-11(16)9-13(12)17/h5-6,9,16-17H,3-4,7-8,10H2,1-2H3. The summed E-state index contributed by atoms with van der Waals surface area (Å²) in [7, 11) is 0. The first-order valence-electron chi connectivity index (χ1n) is 6.36. The van der Waals surface area contributed by atoms with Gasteiger partial charge in [0.1, 0.15) is 11.5 Å². The quantitative estimate of drug-likeness (QED) is 0.730. The van der Waals surface area contributed by atoms with Gasteiger partial charge >= 0.3 is 0 Å². The Bertz CT molecular complexity index is 398. The number of rotatable bonds is 7. The summed E-state index contributed by atoms with van der Waals surface area (Å²) in [5, 5.41) is 18.8. The lowest BCUT2D eigenvalue weighted by Gasteiger charge is -2.20. The third-order valence-corrected chi connectivity index (χ3v) is 2.73. The fourth-order valence-electron chi connectivity index (χ4n) is 1.95. The van der Waals surface area contributed by atoms with Crippen LogP contribution in [0.25, 0.3) is 0 Å². The number of aromatic hydroxyl groups is 2. The molecule has 1 aromatic carbocycles. The molecule has 0 aliphatic carbocycles. The van der Waals surface area contributed by atoms with E-state index in [9.17, 15) is 15.0 Å². The summed E-state index contributed by atoms with van der Waals surface area (Å²) in [5.74, 6) is -0.314. The molecule has 0 spiro atoms. The van der Waals surface area contributed by atoms with Crippen molar-refractivity contribution in [1.82, 2.24) is 4.90 Å². The van der Waals surface area contributed by atoms with E-state index in [-0.39, 0.29) is 22.8 Å². The van der Waals surface area contributed by atoms with Gasteiger partial charge in [0.25, 0.3) is 0 Å². The van der Waals surface area contributed by atoms with Crippen molar-refractivity contribution < 1.29 is 15.0 Å². The highest BCUT2D eigenvalue weighted by atomic mass is 16.3. The number of phenols is 2. The van der Waals surface area contributed by atoms with Gasteiger partial charge in [-0.1, -0.05) is 13.8 Å². The fraction of sp³-hybridized carbons (Fsp3) is 0.500. The first kappa shape index (κ1) is 14.5. The lowest BCUT2D eigenvalue weighted by Crippen LogP contribution is -2.31. The summed E-state index contributed by atoms with van der Waals surface area (Å²) in [6.07, 6.45) is 1.99. The Morgan fingerprint density at radius 2 is 1.78 bits per heavy atom. The summed E-state index contributed by atoms with van der Waals surface area (Å²) in [5.41, 5.74) is 0.269. The summed E-state index contributed by atoms with van der Waals surface area (Å²) in [6, 6.07) is 4.07. The van der Waals surface area contributed by atoms with Crippen LogP contribution >= 0.6 is 0 Å². The Balaban J connectivity index is 2.73. The van der Waals surface area contributed by atoms with E-state index in [1.807, 2.05) is 0 Å². The van der Waals surface area contributed by atoms with Crippen LogP contribution in [0.1, 0.15) is 37.0 Å². The maximum absolute atomic E-state index is 12.1. The van der Waals surface area contributed by atoms with E-state index in [0.29, 0.717) is 6.54 Å². The molecule has 0 aliphatic heterocycles. The average Bonchev–Trinajstić information content (AvgIpc) is 2.29. The first-order valence-corrected chi connectivity index (χ1v) is 6.36. The van der Waals surface area contributed by atoms with E-state index < -0.39 is 0 Å². The zero-order valence-electron chi connectivity index (χ0n) is 11.0. The molecule has 1 rings (SSSR count). The molecule has 0 amide bonds. The van der Waals surface area contributed by atoms with Crippen molar-refractivity contribution in [2.24, 2.45) is 0 Å². The van der Waals surface area contributed by atoms with E-state index in [1.54, 1.807) is 0 Å². The molecule has 0 saturated carbocycles. The molecular formula is C14H21NO3. The van der Waals surface area contributed by atoms with Gasteiger partial charge in [-0.05, 0) is 38.1 Å². The normalized spacial score (nSPS) is 10.8. The van der Waals surface area contributed by atoms with Crippen molar-refractivity contribution in [3.05, 3.63) is 23.8 Å². The maximum Gasteiger partial charge on any atom is 0.180 e. The smallest absolute Gasteiger partial charge is 0.180 e. The Hall–Kier alpha value is -1.55. The number of Topliss-reactive ketones (excluding diaryl/α,β-unsaturated/α-hetero) is 1. The minimum atomic E-state index is -0.159. The number of nitrogens with zero attached hydrogens (tertiary/aromatic N) is 1. The minimum Gasteiger partial charge on any atom is -0.508 e. The van der Waals surface area contributed by atoms with Gasteiger partial charge in [-0.15, -0.1) is 0 Å². The van der Waals surface area contributed by atoms with Crippen LogP contribution in [0, 0.1) is 0 Å². The first-order chi connectivity index (χ1) is 8.58. The van der Waals surface area contributed by atoms with E-state index in [1.165, 1.54) is 18.2 Å².